The first-order chi connectivity index (χ1) is 10.7. The number of nitrogens with zero attached hydrogens (tertiary/aromatic N) is 1. The van der Waals surface area contributed by atoms with Crippen molar-refractivity contribution in [2.24, 2.45) is 0 Å². The molecule has 1 heterocycles. The molecule has 0 aliphatic heterocycles. The summed E-state index contributed by atoms with van der Waals surface area (Å²) in [5, 5.41) is 0. The Morgan fingerprint density at radius 1 is 0.864 bits per heavy atom. The van der Waals surface area contributed by atoms with Gasteiger partial charge in [0, 0.05) is 5.56 Å². The van der Waals surface area contributed by atoms with Gasteiger partial charge in [0.25, 0.3) is 0 Å². The van der Waals surface area contributed by atoms with Gasteiger partial charge in [-0.05, 0) is 52.3 Å². The molecule has 2 aromatic carbocycles. The zero-order valence-electron chi connectivity index (χ0n) is 11.6. The third-order valence-electron chi connectivity index (χ3n) is 3.02. The molecule has 0 radical (unpaired) electrons. The summed E-state index contributed by atoms with van der Waals surface area (Å²) in [6.07, 6.45) is 0. The van der Waals surface area contributed by atoms with Crippen molar-refractivity contribution in [2.75, 3.05) is 0 Å². The Balaban J connectivity index is 1.86. The molecule has 3 nitrogen and oxygen atoms in total. The number of hydrogen-bond acceptors (Lipinski definition) is 3. The van der Waals surface area contributed by atoms with E-state index < -0.39 is 0 Å². The molecule has 0 bridgehead atoms. The van der Waals surface area contributed by atoms with Crippen LogP contribution in [0.1, 0.15) is 16.1 Å². The Labute approximate surface area is 136 Å². The van der Waals surface area contributed by atoms with Crippen molar-refractivity contribution in [3.8, 4) is 11.5 Å². The number of aromatic nitrogens is 1. The lowest BCUT2D eigenvalue weighted by molar-refractivity contribution is 0.103. The Hall–Kier alpha value is -2.46. The molecule has 22 heavy (non-hydrogen) atoms. The number of pyridine rings is 1. The van der Waals surface area contributed by atoms with Crippen LogP contribution in [0.5, 0.6) is 11.5 Å². The number of halogens is 1. The van der Waals surface area contributed by atoms with E-state index in [2.05, 4.69) is 20.9 Å². The molecule has 3 aromatic rings. The Kier molecular flexibility index (Phi) is 4.30. The van der Waals surface area contributed by atoms with Gasteiger partial charge in [-0.2, -0.15) is 0 Å². The topological polar surface area (TPSA) is 39.2 Å². The largest absolute Gasteiger partial charge is 0.457 e. The van der Waals surface area contributed by atoms with E-state index in [0.717, 1.165) is 5.75 Å². The van der Waals surface area contributed by atoms with E-state index in [4.69, 9.17) is 4.74 Å². The number of carbonyl (C=O) groups is 1. The van der Waals surface area contributed by atoms with Gasteiger partial charge in [0.1, 0.15) is 21.8 Å². The van der Waals surface area contributed by atoms with Crippen molar-refractivity contribution >= 4 is 21.7 Å². The van der Waals surface area contributed by atoms with Gasteiger partial charge >= 0.3 is 0 Å². The summed E-state index contributed by atoms with van der Waals surface area (Å²) in [6, 6.07) is 21.8. The van der Waals surface area contributed by atoms with E-state index in [1.165, 1.54) is 0 Å². The summed E-state index contributed by atoms with van der Waals surface area (Å²) in [5.41, 5.74) is 0.935. The number of carbonyl (C=O) groups excluding carboxylic acids is 1. The predicted molar refractivity (Wildman–Crippen MR) is 88.3 cm³/mol. The summed E-state index contributed by atoms with van der Waals surface area (Å²) in [6.45, 7) is 0. The monoisotopic (exact) mass is 353 g/mol. The summed E-state index contributed by atoms with van der Waals surface area (Å²) in [7, 11) is 0. The van der Waals surface area contributed by atoms with Crippen molar-refractivity contribution in [1.82, 2.24) is 4.98 Å². The SMILES string of the molecule is O=C(c1cccc(Oc2ccccc2)c1)c1cccc(Br)n1. The van der Waals surface area contributed by atoms with Crippen molar-refractivity contribution in [2.45, 2.75) is 0 Å². The van der Waals surface area contributed by atoms with E-state index in [9.17, 15) is 4.79 Å². The molecule has 108 valence electrons. The highest BCUT2D eigenvalue weighted by atomic mass is 79.9. The van der Waals surface area contributed by atoms with Crippen LogP contribution in [0.15, 0.2) is 77.4 Å². The zero-order valence-corrected chi connectivity index (χ0v) is 13.2. The molecular formula is C18H12BrNO2. The molecular weight excluding hydrogens is 342 g/mol. The number of rotatable bonds is 4. The van der Waals surface area contributed by atoms with E-state index in [-0.39, 0.29) is 5.78 Å². The minimum absolute atomic E-state index is 0.139. The Morgan fingerprint density at radius 3 is 2.36 bits per heavy atom. The predicted octanol–water partition coefficient (Wildman–Crippen LogP) is 4.87. The quantitative estimate of drug-likeness (QED) is 0.496. The van der Waals surface area contributed by atoms with Crippen LogP contribution in [0, 0.1) is 0 Å². The summed E-state index contributed by atoms with van der Waals surface area (Å²) < 4.78 is 6.38. The standard InChI is InChI=1S/C18H12BrNO2/c19-17-11-5-10-16(20-17)18(21)13-6-4-9-15(12-13)22-14-7-2-1-3-8-14/h1-12H. The average molecular weight is 354 g/mol. The highest BCUT2D eigenvalue weighted by molar-refractivity contribution is 9.10. The molecule has 0 amide bonds. The van der Waals surface area contributed by atoms with Crippen molar-refractivity contribution in [3.05, 3.63) is 88.7 Å². The second-order valence-electron chi connectivity index (χ2n) is 4.62. The van der Waals surface area contributed by atoms with Gasteiger partial charge in [0.15, 0.2) is 0 Å². The maximum atomic E-state index is 12.5. The van der Waals surface area contributed by atoms with Crippen molar-refractivity contribution < 1.29 is 9.53 Å². The van der Waals surface area contributed by atoms with E-state index in [1.807, 2.05) is 36.4 Å². The minimum atomic E-state index is -0.139. The fraction of sp³-hybridized carbons (Fsp3) is 0. The van der Waals surface area contributed by atoms with E-state index >= 15 is 0 Å². The van der Waals surface area contributed by atoms with Crippen LogP contribution in [0.4, 0.5) is 0 Å². The smallest absolute Gasteiger partial charge is 0.211 e. The number of para-hydroxylation sites is 1. The fourth-order valence-corrected chi connectivity index (χ4v) is 2.35. The maximum Gasteiger partial charge on any atom is 0.211 e. The molecule has 0 N–H and O–H groups in total. The van der Waals surface area contributed by atoms with Crippen LogP contribution in [0.25, 0.3) is 0 Å². The summed E-state index contributed by atoms with van der Waals surface area (Å²) in [5.74, 6) is 1.21. The molecule has 0 unspecified atom stereocenters. The molecule has 1 aromatic heterocycles. The highest BCUT2D eigenvalue weighted by Crippen LogP contribution is 2.23. The van der Waals surface area contributed by atoms with Crippen LogP contribution in [0.2, 0.25) is 0 Å². The molecule has 0 aliphatic carbocycles. The lowest BCUT2D eigenvalue weighted by Gasteiger charge is -2.07. The second kappa shape index (κ2) is 6.54. The maximum absolute atomic E-state index is 12.5. The minimum Gasteiger partial charge on any atom is -0.457 e. The van der Waals surface area contributed by atoms with Gasteiger partial charge in [0.05, 0.1) is 0 Å². The molecule has 0 aliphatic rings. The number of ketones is 1. The van der Waals surface area contributed by atoms with Crippen LogP contribution in [0.3, 0.4) is 0 Å². The fourth-order valence-electron chi connectivity index (χ4n) is 2.01. The van der Waals surface area contributed by atoms with Crippen LogP contribution < -0.4 is 4.74 Å². The van der Waals surface area contributed by atoms with Crippen LogP contribution in [-0.4, -0.2) is 10.8 Å². The molecule has 0 saturated heterocycles. The summed E-state index contributed by atoms with van der Waals surface area (Å²) in [4.78, 5) is 16.7. The van der Waals surface area contributed by atoms with Gasteiger partial charge in [0.2, 0.25) is 5.78 Å². The summed E-state index contributed by atoms with van der Waals surface area (Å²) >= 11 is 3.27. The molecule has 0 saturated carbocycles. The molecule has 4 heteroatoms. The van der Waals surface area contributed by atoms with E-state index in [1.54, 1.807) is 36.4 Å². The average Bonchev–Trinajstić information content (AvgIpc) is 2.55. The van der Waals surface area contributed by atoms with Crippen LogP contribution >= 0.6 is 15.9 Å². The van der Waals surface area contributed by atoms with Gasteiger partial charge in [-0.1, -0.05) is 36.4 Å². The van der Waals surface area contributed by atoms with Gasteiger partial charge in [-0.3, -0.25) is 4.79 Å². The van der Waals surface area contributed by atoms with Gasteiger partial charge < -0.3 is 4.74 Å². The van der Waals surface area contributed by atoms with Gasteiger partial charge in [-0.25, -0.2) is 4.98 Å². The zero-order chi connectivity index (χ0) is 15.4. The normalized spacial score (nSPS) is 10.2. The number of benzene rings is 2. The first-order valence-electron chi connectivity index (χ1n) is 6.72. The molecule has 3 rings (SSSR count). The first kappa shape index (κ1) is 14.5. The lowest BCUT2D eigenvalue weighted by Crippen LogP contribution is -2.04. The Bertz CT molecular complexity index is 803. The molecule has 0 atom stereocenters. The van der Waals surface area contributed by atoms with E-state index in [0.29, 0.717) is 21.6 Å². The highest BCUT2D eigenvalue weighted by Gasteiger charge is 2.11. The van der Waals surface area contributed by atoms with Crippen molar-refractivity contribution in [3.63, 3.8) is 0 Å². The number of hydrogen-bond donors (Lipinski definition) is 0. The third kappa shape index (κ3) is 3.40. The third-order valence-corrected chi connectivity index (χ3v) is 3.46. The van der Waals surface area contributed by atoms with Gasteiger partial charge in [-0.15, -0.1) is 0 Å². The molecule has 0 fully saturated rings. The number of ether oxygens (including phenoxy) is 1. The van der Waals surface area contributed by atoms with Crippen molar-refractivity contribution in [1.29, 1.82) is 0 Å². The molecule has 0 spiro atoms. The second-order valence-corrected chi connectivity index (χ2v) is 5.43. The first-order valence-corrected chi connectivity index (χ1v) is 7.52. The lowest BCUT2D eigenvalue weighted by atomic mass is 10.1. The Morgan fingerprint density at radius 2 is 1.59 bits per heavy atom. The van der Waals surface area contributed by atoms with Crippen LogP contribution in [-0.2, 0) is 0 Å².